The summed E-state index contributed by atoms with van der Waals surface area (Å²) in [6.07, 6.45) is 2.62. The fourth-order valence-electron chi connectivity index (χ4n) is 3.31. The van der Waals surface area contributed by atoms with Crippen LogP contribution >= 0.6 is 0 Å². The fraction of sp³-hybridized carbons (Fsp3) is 0.200. The first-order chi connectivity index (χ1) is 10.4. The molecule has 4 rings (SSSR count). The van der Waals surface area contributed by atoms with Crippen molar-refractivity contribution in [1.82, 2.24) is 0 Å². The van der Waals surface area contributed by atoms with Crippen molar-refractivity contribution >= 4 is 16.5 Å². The van der Waals surface area contributed by atoms with Gasteiger partial charge in [0.25, 0.3) is 0 Å². The maximum Gasteiger partial charge on any atom is 0.0452 e. The van der Waals surface area contributed by atoms with Crippen LogP contribution in [0.2, 0.25) is 0 Å². The Labute approximate surface area is 125 Å². The van der Waals surface area contributed by atoms with E-state index in [2.05, 4.69) is 71.6 Å². The molecular formula is C20H19N. The quantitative estimate of drug-likeness (QED) is 0.627. The van der Waals surface area contributed by atoms with Crippen molar-refractivity contribution in [2.24, 2.45) is 0 Å². The molecule has 0 unspecified atom stereocenters. The zero-order chi connectivity index (χ0) is 14.1. The van der Waals surface area contributed by atoms with Crippen molar-refractivity contribution < 1.29 is 0 Å². The molecule has 1 heteroatoms. The summed E-state index contributed by atoms with van der Waals surface area (Å²) in [4.78, 5) is 2.54. The number of anilines is 1. The van der Waals surface area contributed by atoms with Crippen molar-refractivity contribution in [1.29, 1.82) is 0 Å². The van der Waals surface area contributed by atoms with Crippen LogP contribution < -0.4 is 4.90 Å². The number of benzene rings is 3. The van der Waals surface area contributed by atoms with E-state index in [0.29, 0.717) is 0 Å². The average molecular weight is 273 g/mol. The van der Waals surface area contributed by atoms with Crippen LogP contribution in [0.1, 0.15) is 12.8 Å². The Bertz CT molecular complexity index is 755. The summed E-state index contributed by atoms with van der Waals surface area (Å²) in [6, 6.07) is 24.1. The first-order valence-electron chi connectivity index (χ1n) is 7.75. The van der Waals surface area contributed by atoms with Crippen LogP contribution in [0.3, 0.4) is 0 Å². The lowest BCUT2D eigenvalue weighted by Gasteiger charge is -2.21. The second-order valence-corrected chi connectivity index (χ2v) is 5.78. The van der Waals surface area contributed by atoms with Gasteiger partial charge in [-0.2, -0.15) is 0 Å². The van der Waals surface area contributed by atoms with Crippen molar-refractivity contribution in [3.63, 3.8) is 0 Å². The van der Waals surface area contributed by atoms with Gasteiger partial charge in [0, 0.05) is 24.2 Å². The predicted octanol–water partition coefficient (Wildman–Crippen LogP) is 5.11. The Morgan fingerprint density at radius 2 is 1.38 bits per heavy atom. The Hall–Kier alpha value is -2.28. The largest absolute Gasteiger partial charge is 0.371 e. The highest BCUT2D eigenvalue weighted by molar-refractivity contribution is 5.98. The summed E-state index contributed by atoms with van der Waals surface area (Å²) in [5.41, 5.74) is 4.00. The van der Waals surface area contributed by atoms with Gasteiger partial charge in [-0.1, -0.05) is 54.6 Å². The molecule has 1 aliphatic heterocycles. The summed E-state index contributed by atoms with van der Waals surface area (Å²) in [6.45, 7) is 2.37. The van der Waals surface area contributed by atoms with E-state index in [-0.39, 0.29) is 0 Å². The maximum absolute atomic E-state index is 2.54. The highest BCUT2D eigenvalue weighted by atomic mass is 15.1. The van der Waals surface area contributed by atoms with E-state index in [1.54, 1.807) is 0 Å². The van der Waals surface area contributed by atoms with Crippen LogP contribution in [0.15, 0.2) is 66.7 Å². The minimum atomic E-state index is 1.18. The van der Waals surface area contributed by atoms with Gasteiger partial charge in [0.05, 0.1) is 0 Å². The van der Waals surface area contributed by atoms with Crippen molar-refractivity contribution in [2.75, 3.05) is 18.0 Å². The molecule has 0 atom stereocenters. The maximum atomic E-state index is 2.54. The second-order valence-electron chi connectivity index (χ2n) is 5.78. The van der Waals surface area contributed by atoms with Crippen LogP contribution in [0.5, 0.6) is 0 Å². The van der Waals surface area contributed by atoms with E-state index >= 15 is 0 Å². The van der Waals surface area contributed by atoms with E-state index < -0.39 is 0 Å². The predicted molar refractivity (Wildman–Crippen MR) is 90.8 cm³/mol. The molecule has 1 heterocycles. The van der Waals surface area contributed by atoms with Gasteiger partial charge >= 0.3 is 0 Å². The SMILES string of the molecule is c1ccc(-c2cc(N3CCCC3)c3ccccc3c2)cc1. The molecular weight excluding hydrogens is 254 g/mol. The normalized spacial score (nSPS) is 14.8. The Morgan fingerprint density at radius 1 is 0.667 bits per heavy atom. The zero-order valence-electron chi connectivity index (χ0n) is 12.1. The van der Waals surface area contributed by atoms with Crippen molar-refractivity contribution in [3.8, 4) is 11.1 Å². The molecule has 1 fully saturated rings. The average Bonchev–Trinajstić information content (AvgIpc) is 3.09. The third-order valence-corrected chi connectivity index (χ3v) is 4.39. The van der Waals surface area contributed by atoms with Crippen LogP contribution in [-0.4, -0.2) is 13.1 Å². The van der Waals surface area contributed by atoms with Gasteiger partial charge in [0.15, 0.2) is 0 Å². The first kappa shape index (κ1) is 12.5. The Morgan fingerprint density at radius 3 is 2.19 bits per heavy atom. The van der Waals surface area contributed by atoms with Crippen LogP contribution in [0.4, 0.5) is 5.69 Å². The molecule has 1 saturated heterocycles. The Kier molecular flexibility index (Phi) is 3.11. The van der Waals surface area contributed by atoms with Crippen molar-refractivity contribution in [2.45, 2.75) is 12.8 Å². The van der Waals surface area contributed by atoms with Crippen LogP contribution in [0.25, 0.3) is 21.9 Å². The molecule has 21 heavy (non-hydrogen) atoms. The van der Waals surface area contributed by atoms with Crippen molar-refractivity contribution in [3.05, 3.63) is 66.7 Å². The van der Waals surface area contributed by atoms with Gasteiger partial charge in [0.1, 0.15) is 0 Å². The molecule has 0 aliphatic carbocycles. The lowest BCUT2D eigenvalue weighted by Crippen LogP contribution is -2.17. The molecule has 1 nitrogen and oxygen atoms in total. The molecule has 0 saturated carbocycles. The number of rotatable bonds is 2. The lowest BCUT2D eigenvalue weighted by atomic mass is 9.99. The fourth-order valence-corrected chi connectivity index (χ4v) is 3.31. The van der Waals surface area contributed by atoms with E-state index in [1.807, 2.05) is 0 Å². The smallest absolute Gasteiger partial charge is 0.0452 e. The number of nitrogens with zero attached hydrogens (tertiary/aromatic N) is 1. The van der Waals surface area contributed by atoms with E-state index in [0.717, 1.165) is 0 Å². The van der Waals surface area contributed by atoms with E-state index in [9.17, 15) is 0 Å². The van der Waals surface area contributed by atoms with E-state index in [1.165, 1.54) is 53.5 Å². The highest BCUT2D eigenvalue weighted by Gasteiger charge is 2.16. The van der Waals surface area contributed by atoms with Crippen LogP contribution in [0, 0.1) is 0 Å². The Balaban J connectivity index is 1.93. The standard InChI is InChI=1S/C20H19N/c1-2-8-16(9-3-1)18-14-17-10-4-5-11-19(17)20(15-18)21-12-6-7-13-21/h1-5,8-11,14-15H,6-7,12-13H2. The molecule has 3 aromatic carbocycles. The molecule has 3 aromatic rings. The van der Waals surface area contributed by atoms with Crippen LogP contribution in [-0.2, 0) is 0 Å². The minimum Gasteiger partial charge on any atom is -0.371 e. The lowest BCUT2D eigenvalue weighted by molar-refractivity contribution is 0.949. The number of hydrogen-bond donors (Lipinski definition) is 0. The minimum absolute atomic E-state index is 1.18. The second kappa shape index (κ2) is 5.25. The van der Waals surface area contributed by atoms with Gasteiger partial charge in [-0.05, 0) is 41.5 Å². The third-order valence-electron chi connectivity index (χ3n) is 4.39. The van der Waals surface area contributed by atoms with Gasteiger partial charge < -0.3 is 4.90 Å². The van der Waals surface area contributed by atoms with Gasteiger partial charge in [-0.25, -0.2) is 0 Å². The summed E-state index contributed by atoms with van der Waals surface area (Å²) in [7, 11) is 0. The molecule has 0 radical (unpaired) electrons. The molecule has 104 valence electrons. The summed E-state index contributed by atoms with van der Waals surface area (Å²) < 4.78 is 0. The molecule has 0 aromatic heterocycles. The van der Waals surface area contributed by atoms with Gasteiger partial charge in [-0.15, -0.1) is 0 Å². The molecule has 0 bridgehead atoms. The third kappa shape index (κ3) is 2.29. The summed E-state index contributed by atoms with van der Waals surface area (Å²) in [5, 5.41) is 2.71. The van der Waals surface area contributed by atoms with E-state index in [4.69, 9.17) is 0 Å². The monoisotopic (exact) mass is 273 g/mol. The molecule has 0 amide bonds. The number of fused-ring (bicyclic) bond motifs is 1. The number of hydrogen-bond acceptors (Lipinski definition) is 1. The summed E-state index contributed by atoms with van der Waals surface area (Å²) >= 11 is 0. The first-order valence-corrected chi connectivity index (χ1v) is 7.75. The summed E-state index contributed by atoms with van der Waals surface area (Å²) in [5.74, 6) is 0. The topological polar surface area (TPSA) is 3.24 Å². The van der Waals surface area contributed by atoms with Gasteiger partial charge in [-0.3, -0.25) is 0 Å². The zero-order valence-corrected chi connectivity index (χ0v) is 12.1. The van der Waals surface area contributed by atoms with Gasteiger partial charge in [0.2, 0.25) is 0 Å². The molecule has 0 N–H and O–H groups in total. The highest BCUT2D eigenvalue weighted by Crippen LogP contribution is 2.34. The molecule has 1 aliphatic rings. The molecule has 0 spiro atoms.